The minimum Gasteiger partial charge on any atom is -0.497 e. The summed E-state index contributed by atoms with van der Waals surface area (Å²) < 4.78 is 15.4. The molecule has 0 spiro atoms. The molecule has 0 saturated carbocycles. The van der Waals surface area contributed by atoms with Crippen LogP contribution in [0, 0.1) is 0 Å². The van der Waals surface area contributed by atoms with Gasteiger partial charge in [-0.3, -0.25) is 4.79 Å². The number of carboxylic acids is 1. The molecule has 3 aromatic carbocycles. The number of carbonyl (C=O) groups is 4. The van der Waals surface area contributed by atoms with E-state index in [9.17, 15) is 24.3 Å². The van der Waals surface area contributed by atoms with Gasteiger partial charge in [0.05, 0.1) is 28.3 Å². The first-order valence-corrected chi connectivity index (χ1v) is 11.1. The molecule has 0 aliphatic rings. The third-order valence-electron chi connectivity index (χ3n) is 4.79. The Morgan fingerprint density at radius 1 is 0.750 bits per heavy atom. The van der Waals surface area contributed by atoms with Crippen LogP contribution >= 0.6 is 23.2 Å². The molecule has 186 valence electrons. The van der Waals surface area contributed by atoms with Crippen LogP contribution in [0.15, 0.2) is 72.8 Å². The Morgan fingerprint density at radius 3 is 1.67 bits per heavy atom. The quantitative estimate of drug-likeness (QED) is 0.387. The molecular formula is C25H19Cl2NO8. The lowest BCUT2D eigenvalue weighted by Gasteiger charge is -2.24. The molecule has 36 heavy (non-hydrogen) atoms. The topological polar surface area (TPSA) is 128 Å². The van der Waals surface area contributed by atoms with E-state index < -0.39 is 36.0 Å². The second kappa shape index (κ2) is 12.1. The zero-order valence-electron chi connectivity index (χ0n) is 18.6. The number of methoxy groups -OCH3 is 1. The number of esters is 2. The van der Waals surface area contributed by atoms with Crippen molar-refractivity contribution >= 4 is 52.7 Å². The Bertz CT molecular complexity index is 1280. The fraction of sp³-hybridized carbons (Fsp3) is 0.120. The summed E-state index contributed by atoms with van der Waals surface area (Å²) in [6.07, 6.45) is -4.32. The van der Waals surface area contributed by atoms with Gasteiger partial charge in [0, 0.05) is 5.69 Å². The van der Waals surface area contributed by atoms with E-state index in [2.05, 4.69) is 5.32 Å². The van der Waals surface area contributed by atoms with Gasteiger partial charge in [-0.2, -0.15) is 0 Å². The van der Waals surface area contributed by atoms with Crippen molar-refractivity contribution in [3.8, 4) is 5.75 Å². The summed E-state index contributed by atoms with van der Waals surface area (Å²) >= 11 is 12.0. The van der Waals surface area contributed by atoms with Crippen molar-refractivity contribution in [2.75, 3.05) is 12.4 Å². The third kappa shape index (κ3) is 6.53. The van der Waals surface area contributed by atoms with Gasteiger partial charge >= 0.3 is 17.9 Å². The molecule has 0 fully saturated rings. The summed E-state index contributed by atoms with van der Waals surface area (Å²) in [7, 11) is 1.46. The van der Waals surface area contributed by atoms with Gasteiger partial charge < -0.3 is 24.6 Å². The maximum Gasteiger partial charge on any atom is 0.349 e. The van der Waals surface area contributed by atoms with Gasteiger partial charge in [0.2, 0.25) is 12.2 Å². The Morgan fingerprint density at radius 2 is 1.22 bits per heavy atom. The average Bonchev–Trinajstić information content (AvgIpc) is 2.86. The van der Waals surface area contributed by atoms with Gasteiger partial charge in [-0.15, -0.1) is 0 Å². The number of rotatable bonds is 9. The van der Waals surface area contributed by atoms with E-state index in [-0.39, 0.29) is 26.9 Å². The van der Waals surface area contributed by atoms with Crippen LogP contribution in [0.5, 0.6) is 5.75 Å². The zero-order valence-corrected chi connectivity index (χ0v) is 20.2. The molecule has 0 saturated heterocycles. The van der Waals surface area contributed by atoms with Gasteiger partial charge in [0.25, 0.3) is 5.91 Å². The number of amides is 1. The largest absolute Gasteiger partial charge is 0.497 e. The predicted octanol–water partition coefficient (Wildman–Crippen LogP) is 4.48. The van der Waals surface area contributed by atoms with Crippen LogP contribution in [0.25, 0.3) is 0 Å². The van der Waals surface area contributed by atoms with Crippen molar-refractivity contribution in [1.29, 1.82) is 0 Å². The van der Waals surface area contributed by atoms with Gasteiger partial charge in [0.1, 0.15) is 5.75 Å². The molecule has 0 unspecified atom stereocenters. The second-order valence-corrected chi connectivity index (χ2v) is 7.98. The first-order valence-electron chi connectivity index (χ1n) is 10.3. The molecule has 2 N–H and O–H groups in total. The van der Waals surface area contributed by atoms with Gasteiger partial charge in [-0.25, -0.2) is 14.4 Å². The predicted molar refractivity (Wildman–Crippen MR) is 131 cm³/mol. The van der Waals surface area contributed by atoms with Crippen molar-refractivity contribution in [2.45, 2.75) is 12.2 Å². The summed E-state index contributed by atoms with van der Waals surface area (Å²) in [4.78, 5) is 50.7. The van der Waals surface area contributed by atoms with E-state index in [1.54, 1.807) is 24.3 Å². The first-order chi connectivity index (χ1) is 17.2. The van der Waals surface area contributed by atoms with Crippen molar-refractivity contribution in [3.63, 3.8) is 0 Å². The summed E-state index contributed by atoms with van der Waals surface area (Å²) in [5.41, 5.74) is -0.0266. The van der Waals surface area contributed by atoms with E-state index in [1.165, 1.54) is 55.6 Å². The summed E-state index contributed by atoms with van der Waals surface area (Å²) in [6, 6.07) is 17.6. The maximum atomic E-state index is 13.1. The molecule has 0 aromatic heterocycles. The molecule has 0 radical (unpaired) electrons. The third-order valence-corrected chi connectivity index (χ3v) is 5.45. The van der Waals surface area contributed by atoms with Crippen LogP contribution in [-0.2, 0) is 19.1 Å². The highest BCUT2D eigenvalue weighted by Crippen LogP contribution is 2.22. The highest BCUT2D eigenvalue weighted by molar-refractivity contribution is 6.34. The Labute approximate surface area is 215 Å². The molecule has 3 aromatic rings. The standard InChI is InChI=1S/C25H19Cl2NO8/c1-34-15-12-10-14(11-13-15)28-22(29)20(35-24(32)16-6-2-4-8-18(16)26)21(23(30)31)36-25(33)17-7-3-5-9-19(17)27/h2-13,20-21H,1H3,(H,28,29)(H,30,31)/t20-,21-/m0/s1. The van der Waals surface area contributed by atoms with Gasteiger partial charge in [-0.05, 0) is 48.5 Å². The number of carbonyl (C=O) groups excluding carboxylic acids is 3. The van der Waals surface area contributed by atoms with E-state index in [4.69, 9.17) is 37.4 Å². The van der Waals surface area contributed by atoms with E-state index in [0.29, 0.717) is 5.75 Å². The molecule has 0 aliphatic carbocycles. The van der Waals surface area contributed by atoms with E-state index in [0.717, 1.165) is 0 Å². The molecule has 0 aliphatic heterocycles. The van der Waals surface area contributed by atoms with Crippen LogP contribution < -0.4 is 10.1 Å². The highest BCUT2D eigenvalue weighted by atomic mass is 35.5. The number of hydrogen-bond acceptors (Lipinski definition) is 7. The normalized spacial score (nSPS) is 12.1. The van der Waals surface area contributed by atoms with Crippen molar-refractivity contribution in [1.82, 2.24) is 0 Å². The van der Waals surface area contributed by atoms with E-state index in [1.807, 2.05) is 0 Å². The van der Waals surface area contributed by atoms with Crippen molar-refractivity contribution in [3.05, 3.63) is 94.0 Å². The number of benzene rings is 3. The van der Waals surface area contributed by atoms with Crippen LogP contribution in [0.3, 0.4) is 0 Å². The Hall–Kier alpha value is -4.08. The molecule has 3 rings (SSSR count). The highest BCUT2D eigenvalue weighted by Gasteiger charge is 2.41. The zero-order chi connectivity index (χ0) is 26.2. The average molecular weight is 532 g/mol. The SMILES string of the molecule is COc1ccc(NC(=O)[C@@H](OC(=O)c2ccccc2Cl)[C@H](OC(=O)c2ccccc2Cl)C(=O)O)cc1. The lowest BCUT2D eigenvalue weighted by Crippen LogP contribution is -2.48. The Balaban J connectivity index is 1.93. The number of ether oxygens (including phenoxy) is 3. The first kappa shape index (κ1) is 26.5. The van der Waals surface area contributed by atoms with Crippen LogP contribution in [-0.4, -0.2) is 48.2 Å². The van der Waals surface area contributed by atoms with E-state index >= 15 is 0 Å². The number of anilines is 1. The van der Waals surface area contributed by atoms with Crippen LogP contribution in [0.2, 0.25) is 10.0 Å². The molecule has 0 heterocycles. The number of halogens is 2. The van der Waals surface area contributed by atoms with Gasteiger partial charge in [0.15, 0.2) is 0 Å². The molecule has 1 amide bonds. The van der Waals surface area contributed by atoms with Crippen LogP contribution in [0.4, 0.5) is 5.69 Å². The fourth-order valence-electron chi connectivity index (χ4n) is 2.99. The minimum absolute atomic E-state index is 0.000986. The number of aliphatic carboxylic acids is 1. The summed E-state index contributed by atoms with van der Waals surface area (Å²) in [5, 5.41) is 12.3. The molecule has 0 bridgehead atoms. The minimum atomic E-state index is -2.22. The second-order valence-electron chi connectivity index (χ2n) is 7.17. The summed E-state index contributed by atoms with van der Waals surface area (Å²) in [6.45, 7) is 0. The molecule has 2 atom stereocenters. The molecule has 9 nitrogen and oxygen atoms in total. The van der Waals surface area contributed by atoms with Crippen molar-refractivity contribution in [2.24, 2.45) is 0 Å². The molecular weight excluding hydrogens is 513 g/mol. The van der Waals surface area contributed by atoms with Crippen molar-refractivity contribution < 1.29 is 38.5 Å². The Kier molecular flexibility index (Phi) is 8.88. The van der Waals surface area contributed by atoms with Gasteiger partial charge in [-0.1, -0.05) is 47.5 Å². The molecule has 11 heteroatoms. The number of nitrogens with one attached hydrogen (secondary N) is 1. The van der Waals surface area contributed by atoms with Crippen LogP contribution in [0.1, 0.15) is 20.7 Å². The number of carboxylic acid groups (broad SMARTS) is 1. The monoisotopic (exact) mass is 531 g/mol. The summed E-state index contributed by atoms with van der Waals surface area (Å²) in [5.74, 6) is -4.54. The lowest BCUT2D eigenvalue weighted by molar-refractivity contribution is -0.157. The smallest absolute Gasteiger partial charge is 0.349 e. The number of hydrogen-bond donors (Lipinski definition) is 2. The fourth-order valence-corrected chi connectivity index (χ4v) is 3.42. The lowest BCUT2D eigenvalue weighted by atomic mass is 10.1. The maximum absolute atomic E-state index is 13.1.